The maximum Gasteiger partial charge on any atom is 0.0316 e. The molecule has 304 valence electrons. The van der Waals surface area contributed by atoms with E-state index in [4.69, 9.17) is 11.5 Å². The van der Waals surface area contributed by atoms with Crippen molar-refractivity contribution in [1.29, 1.82) is 0 Å². The summed E-state index contributed by atoms with van der Waals surface area (Å²) in [5.41, 5.74) is 25.5. The van der Waals surface area contributed by atoms with E-state index in [1.807, 2.05) is 0 Å². The first-order valence-electron chi connectivity index (χ1n) is 23.2. The van der Waals surface area contributed by atoms with Gasteiger partial charge in [0.05, 0.1) is 0 Å². The lowest BCUT2D eigenvalue weighted by molar-refractivity contribution is 0.214. The largest absolute Gasteiger partial charge is 0.399 e. The van der Waals surface area contributed by atoms with Crippen molar-refractivity contribution in [2.24, 2.45) is 11.8 Å². The standard InChI is InChI=1S/C54H78N2/c1-6-9-12-16-21-43(42-19-17-13-18-20-42)32-35-52(44-24-28-46(29-25-44)53(22-14-10-7-2)50-36-33-48(55)38-40(50)4)45-26-30-47(31-27-45)54(23-15-11-8-3)51-37-34-49(56)39-41(51)5/h24-31,33-34,36-39,42-43,52-54H,6-23,32,35,55-56H2,1-5H3. The Hall–Kier alpha value is -3.52. The molecule has 0 radical (unpaired) electrons. The predicted molar refractivity (Wildman–Crippen MR) is 246 cm³/mol. The van der Waals surface area contributed by atoms with Crippen molar-refractivity contribution in [3.63, 3.8) is 0 Å². The second kappa shape index (κ2) is 23.0. The third-order valence-corrected chi connectivity index (χ3v) is 13.6. The summed E-state index contributed by atoms with van der Waals surface area (Å²) in [6, 6.07) is 32.9. The second-order valence-corrected chi connectivity index (χ2v) is 17.8. The molecule has 0 saturated heterocycles. The van der Waals surface area contributed by atoms with Crippen LogP contribution in [0.4, 0.5) is 11.4 Å². The average Bonchev–Trinajstić information content (AvgIpc) is 3.21. The van der Waals surface area contributed by atoms with Crippen LogP contribution < -0.4 is 11.5 Å². The Kier molecular flexibility index (Phi) is 17.9. The van der Waals surface area contributed by atoms with Gasteiger partial charge in [-0.25, -0.2) is 0 Å². The molecule has 0 heterocycles. The van der Waals surface area contributed by atoms with Crippen LogP contribution in [-0.2, 0) is 0 Å². The van der Waals surface area contributed by atoms with Gasteiger partial charge in [0.15, 0.2) is 0 Å². The molecular weight excluding hydrogens is 677 g/mol. The van der Waals surface area contributed by atoms with Gasteiger partial charge >= 0.3 is 0 Å². The van der Waals surface area contributed by atoms with Gasteiger partial charge in [0.2, 0.25) is 0 Å². The van der Waals surface area contributed by atoms with Crippen molar-refractivity contribution >= 4 is 11.4 Å². The molecule has 3 atom stereocenters. The molecule has 1 fully saturated rings. The van der Waals surface area contributed by atoms with E-state index >= 15 is 0 Å². The lowest BCUT2D eigenvalue weighted by Crippen LogP contribution is -2.19. The molecule has 4 N–H and O–H groups in total. The maximum absolute atomic E-state index is 6.22. The van der Waals surface area contributed by atoms with Crippen molar-refractivity contribution in [2.75, 3.05) is 11.5 Å². The molecule has 56 heavy (non-hydrogen) atoms. The van der Waals surface area contributed by atoms with Gasteiger partial charge in [0.25, 0.3) is 0 Å². The van der Waals surface area contributed by atoms with Crippen molar-refractivity contribution in [3.8, 4) is 0 Å². The van der Waals surface area contributed by atoms with Crippen LogP contribution in [0.1, 0.15) is 211 Å². The molecule has 2 heteroatoms. The fourth-order valence-corrected chi connectivity index (χ4v) is 10.3. The summed E-state index contributed by atoms with van der Waals surface area (Å²) in [5, 5.41) is 0. The van der Waals surface area contributed by atoms with Crippen LogP contribution in [0, 0.1) is 25.7 Å². The maximum atomic E-state index is 6.22. The number of unbranched alkanes of at least 4 members (excludes halogenated alkanes) is 7. The van der Waals surface area contributed by atoms with Gasteiger partial charge < -0.3 is 11.5 Å². The molecule has 1 aliphatic rings. The highest BCUT2D eigenvalue weighted by Gasteiger charge is 2.26. The summed E-state index contributed by atoms with van der Waals surface area (Å²) in [7, 11) is 0. The average molecular weight is 755 g/mol. The number of hydrogen-bond donors (Lipinski definition) is 2. The Bertz CT molecular complexity index is 1590. The molecular formula is C54H78N2. The van der Waals surface area contributed by atoms with Gasteiger partial charge in [0.1, 0.15) is 0 Å². The highest BCUT2D eigenvalue weighted by atomic mass is 14.5. The van der Waals surface area contributed by atoms with Crippen LogP contribution in [-0.4, -0.2) is 0 Å². The van der Waals surface area contributed by atoms with Gasteiger partial charge in [-0.2, -0.15) is 0 Å². The summed E-state index contributed by atoms with van der Waals surface area (Å²) >= 11 is 0. The Morgan fingerprint density at radius 3 is 1.29 bits per heavy atom. The van der Waals surface area contributed by atoms with Gasteiger partial charge in [-0.1, -0.05) is 184 Å². The Labute approximate surface area is 343 Å². The molecule has 3 unspecified atom stereocenters. The zero-order chi connectivity index (χ0) is 39.7. The minimum Gasteiger partial charge on any atom is -0.399 e. The summed E-state index contributed by atoms with van der Waals surface area (Å²) < 4.78 is 0. The van der Waals surface area contributed by atoms with Crippen LogP contribution in [0.5, 0.6) is 0 Å². The highest BCUT2D eigenvalue weighted by Crippen LogP contribution is 2.41. The van der Waals surface area contributed by atoms with Crippen LogP contribution in [0.25, 0.3) is 0 Å². The van der Waals surface area contributed by atoms with E-state index in [0.29, 0.717) is 17.8 Å². The van der Waals surface area contributed by atoms with Crippen LogP contribution >= 0.6 is 0 Å². The first kappa shape index (κ1) is 43.6. The van der Waals surface area contributed by atoms with Crippen LogP contribution in [0.3, 0.4) is 0 Å². The van der Waals surface area contributed by atoms with Crippen LogP contribution in [0.15, 0.2) is 84.9 Å². The minimum absolute atomic E-state index is 0.397. The van der Waals surface area contributed by atoms with Crippen LogP contribution in [0.2, 0.25) is 0 Å². The fraction of sp³-hybridized carbons (Fsp3) is 0.556. The molecule has 1 aliphatic carbocycles. The Morgan fingerprint density at radius 2 is 0.857 bits per heavy atom. The summed E-state index contributed by atoms with van der Waals surface area (Å²) in [5.74, 6) is 2.95. The summed E-state index contributed by atoms with van der Waals surface area (Å²) in [6.45, 7) is 11.4. The van der Waals surface area contributed by atoms with E-state index in [1.165, 1.54) is 173 Å². The van der Waals surface area contributed by atoms with Gasteiger partial charge in [-0.15, -0.1) is 0 Å². The Morgan fingerprint density at radius 1 is 0.446 bits per heavy atom. The number of aryl methyl sites for hydroxylation is 2. The predicted octanol–water partition coefficient (Wildman–Crippen LogP) is 16.0. The molecule has 1 saturated carbocycles. The number of anilines is 2. The lowest BCUT2D eigenvalue weighted by atomic mass is 9.73. The van der Waals surface area contributed by atoms with Crippen molar-refractivity contribution < 1.29 is 0 Å². The van der Waals surface area contributed by atoms with E-state index in [2.05, 4.69) is 120 Å². The number of rotatable bonds is 23. The fourth-order valence-electron chi connectivity index (χ4n) is 10.3. The van der Waals surface area contributed by atoms with E-state index in [0.717, 1.165) is 23.2 Å². The van der Waals surface area contributed by atoms with Crippen molar-refractivity contribution in [1.82, 2.24) is 0 Å². The van der Waals surface area contributed by atoms with Gasteiger partial charge in [-0.05, 0) is 120 Å². The normalized spacial score (nSPS) is 15.7. The molecule has 0 spiro atoms. The molecule has 4 aromatic carbocycles. The monoisotopic (exact) mass is 755 g/mol. The first-order chi connectivity index (χ1) is 27.3. The smallest absolute Gasteiger partial charge is 0.0316 e. The zero-order valence-corrected chi connectivity index (χ0v) is 36.3. The van der Waals surface area contributed by atoms with Crippen molar-refractivity contribution in [3.05, 3.63) is 129 Å². The summed E-state index contributed by atoms with van der Waals surface area (Å²) in [6.07, 6.45) is 26.5. The van der Waals surface area contributed by atoms with E-state index in [1.54, 1.807) is 0 Å². The molecule has 0 bridgehead atoms. The van der Waals surface area contributed by atoms with E-state index < -0.39 is 0 Å². The molecule has 0 aliphatic heterocycles. The Balaban J connectivity index is 1.47. The third-order valence-electron chi connectivity index (χ3n) is 13.6. The molecule has 0 aromatic heterocycles. The van der Waals surface area contributed by atoms with Crippen molar-refractivity contribution in [2.45, 2.75) is 181 Å². The quantitative estimate of drug-likeness (QED) is 0.0585. The van der Waals surface area contributed by atoms with E-state index in [9.17, 15) is 0 Å². The minimum atomic E-state index is 0.397. The van der Waals surface area contributed by atoms with Gasteiger partial charge in [0, 0.05) is 29.1 Å². The second-order valence-electron chi connectivity index (χ2n) is 17.8. The summed E-state index contributed by atoms with van der Waals surface area (Å²) in [4.78, 5) is 0. The zero-order valence-electron chi connectivity index (χ0n) is 36.3. The third kappa shape index (κ3) is 12.5. The highest BCUT2D eigenvalue weighted by molar-refractivity contribution is 5.50. The van der Waals surface area contributed by atoms with Gasteiger partial charge in [-0.3, -0.25) is 0 Å². The SMILES string of the molecule is CCCCCCC(CCC(c1ccc(C(CCCCC)c2ccc(N)cc2C)cc1)c1ccc(C(CCCCC)c2ccc(N)cc2C)cc1)C1CCCCC1. The number of hydrogen-bond acceptors (Lipinski definition) is 2. The topological polar surface area (TPSA) is 52.0 Å². The molecule has 2 nitrogen and oxygen atoms in total. The molecule has 0 amide bonds. The lowest BCUT2D eigenvalue weighted by Gasteiger charge is -2.32. The number of nitrogen functional groups attached to an aromatic ring is 2. The molecule has 4 aromatic rings. The molecule has 5 rings (SSSR count). The number of nitrogens with two attached hydrogens (primary N) is 2. The number of benzene rings is 4. The van der Waals surface area contributed by atoms with E-state index in [-0.39, 0.29) is 0 Å². The first-order valence-corrected chi connectivity index (χ1v) is 23.2.